The molecule has 0 aliphatic rings. The van der Waals surface area contributed by atoms with Crippen LogP contribution in [-0.4, -0.2) is 18.3 Å². The summed E-state index contributed by atoms with van der Waals surface area (Å²) in [4.78, 5) is 12.3. The molecule has 0 bridgehead atoms. The molecule has 0 aliphatic heterocycles. The molecule has 1 heterocycles. The maximum absolute atomic E-state index is 12.3. The minimum atomic E-state index is -0.157. The molecule has 0 spiro atoms. The molecule has 0 radical (unpaired) electrons. The minimum absolute atomic E-state index is 0.00485. The van der Waals surface area contributed by atoms with Gasteiger partial charge in [-0.1, -0.05) is 0 Å². The Morgan fingerprint density at radius 3 is 2.44 bits per heavy atom. The zero-order chi connectivity index (χ0) is 12.7. The summed E-state index contributed by atoms with van der Waals surface area (Å²) in [6.07, 6.45) is 0. The number of nitrogens with zero attached hydrogens (tertiary/aromatic N) is 1. The monoisotopic (exact) mass is 343 g/mol. The van der Waals surface area contributed by atoms with Gasteiger partial charge < -0.3 is 0 Å². The van der Waals surface area contributed by atoms with Crippen LogP contribution < -0.4 is 5.56 Å². The second-order valence-electron chi connectivity index (χ2n) is 3.76. The van der Waals surface area contributed by atoms with Crippen LogP contribution in [0.25, 0.3) is 15.3 Å². The molecule has 2 nitrogen and oxygen atoms in total. The Kier molecular flexibility index (Phi) is 3.08. The second-order valence-corrected chi connectivity index (χ2v) is 6.56. The number of para-hydroxylation sites is 1. The van der Waals surface area contributed by atoms with Crippen LogP contribution >= 0.6 is 23.2 Å². The molecule has 3 aromatic rings. The van der Waals surface area contributed by atoms with Gasteiger partial charge in [0.1, 0.15) is 0 Å². The van der Waals surface area contributed by atoms with Crippen molar-refractivity contribution in [3.05, 3.63) is 62.9 Å². The summed E-state index contributed by atoms with van der Waals surface area (Å²) < 4.78 is 2.63. The van der Waals surface area contributed by atoms with Crippen LogP contribution in [0, 0.1) is 0 Å². The summed E-state index contributed by atoms with van der Waals surface area (Å²) in [5.74, 6) is 0. The Morgan fingerprint density at radius 1 is 1.00 bits per heavy atom. The molecule has 2 aromatic carbocycles. The van der Waals surface area contributed by atoms with E-state index in [2.05, 4.69) is 0 Å². The first-order valence-corrected chi connectivity index (χ1v) is 7.62. The number of hydrogen-bond acceptors (Lipinski definition) is 1. The summed E-state index contributed by atoms with van der Waals surface area (Å²) >= 11 is 12.0. The molecule has 0 aliphatic carbocycles. The molecule has 90 valence electrons. The van der Waals surface area contributed by atoms with Crippen molar-refractivity contribution in [1.82, 2.24) is 3.56 Å². The SMILES string of the molecule is O=c1c2ccc(Cl)c(Cl)c2[se]n1-c1ccccc1. The summed E-state index contributed by atoms with van der Waals surface area (Å²) in [7, 11) is 0. The van der Waals surface area contributed by atoms with Gasteiger partial charge in [0, 0.05) is 0 Å². The summed E-state index contributed by atoms with van der Waals surface area (Å²) in [6, 6.07) is 13.0. The molecule has 1 aromatic heterocycles. The van der Waals surface area contributed by atoms with Crippen molar-refractivity contribution >= 4 is 47.6 Å². The van der Waals surface area contributed by atoms with Gasteiger partial charge in [0.15, 0.2) is 0 Å². The van der Waals surface area contributed by atoms with Crippen LogP contribution in [0.2, 0.25) is 10.0 Å². The molecule has 0 amide bonds. The van der Waals surface area contributed by atoms with Gasteiger partial charge in [0.05, 0.1) is 0 Å². The summed E-state index contributed by atoms with van der Waals surface area (Å²) in [5, 5.41) is 1.66. The molecular weight excluding hydrogens is 336 g/mol. The zero-order valence-corrected chi connectivity index (χ0v) is 12.3. The third kappa shape index (κ3) is 1.84. The zero-order valence-electron chi connectivity index (χ0n) is 9.06. The first-order chi connectivity index (χ1) is 8.68. The number of benzene rings is 2. The molecule has 3 rings (SSSR count). The molecule has 0 saturated heterocycles. The molecule has 5 heteroatoms. The fourth-order valence-corrected chi connectivity index (χ4v) is 4.56. The molecule has 0 saturated carbocycles. The predicted octanol–water partition coefficient (Wildman–Crippen LogP) is 3.35. The van der Waals surface area contributed by atoms with Crippen molar-refractivity contribution in [3.8, 4) is 5.69 Å². The fraction of sp³-hybridized carbons (Fsp3) is 0. The third-order valence-electron chi connectivity index (χ3n) is 2.64. The van der Waals surface area contributed by atoms with E-state index in [-0.39, 0.29) is 20.3 Å². The first kappa shape index (κ1) is 12.1. The Hall–Kier alpha value is -0.991. The summed E-state index contributed by atoms with van der Waals surface area (Å²) in [6.45, 7) is 0. The van der Waals surface area contributed by atoms with E-state index in [0.29, 0.717) is 15.4 Å². The van der Waals surface area contributed by atoms with Crippen LogP contribution in [0.4, 0.5) is 0 Å². The predicted molar refractivity (Wildman–Crippen MR) is 76.5 cm³/mol. The Bertz CT molecular complexity index is 777. The van der Waals surface area contributed by atoms with E-state index < -0.39 is 0 Å². The first-order valence-electron chi connectivity index (χ1n) is 5.24. The topological polar surface area (TPSA) is 22.0 Å². The molecule has 0 unspecified atom stereocenters. The number of aromatic nitrogens is 1. The van der Waals surface area contributed by atoms with Crippen molar-refractivity contribution in [3.63, 3.8) is 0 Å². The van der Waals surface area contributed by atoms with E-state index in [4.69, 9.17) is 23.2 Å². The van der Waals surface area contributed by atoms with Gasteiger partial charge in [-0.05, 0) is 0 Å². The van der Waals surface area contributed by atoms with Crippen molar-refractivity contribution in [2.24, 2.45) is 0 Å². The van der Waals surface area contributed by atoms with Crippen LogP contribution in [0.5, 0.6) is 0 Å². The van der Waals surface area contributed by atoms with E-state index in [1.165, 1.54) is 0 Å². The van der Waals surface area contributed by atoms with Gasteiger partial charge in [-0.3, -0.25) is 0 Å². The normalized spacial score (nSPS) is 11.0. The Balaban J connectivity index is 2.37. The number of rotatable bonds is 1. The van der Waals surface area contributed by atoms with Crippen LogP contribution in [0.1, 0.15) is 0 Å². The van der Waals surface area contributed by atoms with Gasteiger partial charge in [0.2, 0.25) is 0 Å². The van der Waals surface area contributed by atoms with Gasteiger partial charge in [-0.15, -0.1) is 0 Å². The van der Waals surface area contributed by atoms with Crippen molar-refractivity contribution in [2.45, 2.75) is 0 Å². The standard InChI is InChI=1S/C13H7Cl2NOSe/c14-10-7-6-9-12(11(10)15)18-16(13(9)17)8-4-2-1-3-5-8/h1-7H. The molecule has 0 N–H and O–H groups in total. The average Bonchev–Trinajstić information content (AvgIpc) is 2.73. The Morgan fingerprint density at radius 2 is 1.72 bits per heavy atom. The molecule has 18 heavy (non-hydrogen) atoms. The van der Waals surface area contributed by atoms with Crippen LogP contribution in [-0.2, 0) is 0 Å². The van der Waals surface area contributed by atoms with Crippen LogP contribution in [0.3, 0.4) is 0 Å². The fourth-order valence-electron chi connectivity index (χ4n) is 1.77. The Labute approximate surface area is 119 Å². The third-order valence-corrected chi connectivity index (χ3v) is 6.14. The van der Waals surface area contributed by atoms with E-state index in [1.807, 2.05) is 30.3 Å². The van der Waals surface area contributed by atoms with Crippen LogP contribution in [0.15, 0.2) is 47.3 Å². The van der Waals surface area contributed by atoms with Crippen molar-refractivity contribution in [2.75, 3.05) is 0 Å². The molecule has 0 fully saturated rings. The van der Waals surface area contributed by atoms with Crippen molar-refractivity contribution < 1.29 is 0 Å². The quantitative estimate of drug-likeness (QED) is 0.621. The van der Waals surface area contributed by atoms with E-state index in [1.54, 1.807) is 15.7 Å². The molecule has 0 atom stereocenters. The van der Waals surface area contributed by atoms with Gasteiger partial charge in [0.25, 0.3) is 0 Å². The van der Waals surface area contributed by atoms with E-state index in [0.717, 1.165) is 9.95 Å². The average molecular weight is 343 g/mol. The number of fused-ring (bicyclic) bond motifs is 1. The van der Waals surface area contributed by atoms with Gasteiger partial charge in [-0.25, -0.2) is 0 Å². The maximum atomic E-state index is 12.3. The number of halogens is 2. The van der Waals surface area contributed by atoms with Crippen molar-refractivity contribution in [1.29, 1.82) is 0 Å². The summed E-state index contributed by atoms with van der Waals surface area (Å²) in [5.41, 5.74) is 0.889. The van der Waals surface area contributed by atoms with Gasteiger partial charge >= 0.3 is 120 Å². The van der Waals surface area contributed by atoms with Gasteiger partial charge in [-0.2, -0.15) is 0 Å². The molecular formula is C13H7Cl2NOSe. The number of hydrogen-bond donors (Lipinski definition) is 0. The second kappa shape index (κ2) is 4.60. The van der Waals surface area contributed by atoms with E-state index >= 15 is 0 Å². The van der Waals surface area contributed by atoms with E-state index in [9.17, 15) is 4.79 Å².